The molecule has 6 heteroatoms. The molecule has 1 aromatic heterocycles. The fraction of sp³-hybridized carbons (Fsp3) is 0.320. The molecule has 0 bridgehead atoms. The molecule has 1 N–H and O–H groups in total. The van der Waals surface area contributed by atoms with E-state index in [9.17, 15) is 14.7 Å². The Bertz CT molecular complexity index is 1090. The minimum Gasteiger partial charge on any atom is -0.508 e. The molecule has 1 aliphatic rings. The van der Waals surface area contributed by atoms with Crippen molar-refractivity contribution in [1.29, 1.82) is 0 Å². The Morgan fingerprint density at radius 1 is 1.00 bits per heavy atom. The number of benzene rings is 2. The lowest BCUT2D eigenvalue weighted by Crippen LogP contribution is -2.40. The van der Waals surface area contributed by atoms with Crippen LogP contribution in [-0.2, 0) is 9.53 Å². The monoisotopic (exact) mass is 418 g/mol. The number of esters is 1. The SMILES string of the molecule is C[C@@H](OC(=O)c1cc(-c2ccc(O)cc2)nc2ccccc12)C(=O)N1CCCCCC1. The van der Waals surface area contributed by atoms with Crippen LogP contribution in [-0.4, -0.2) is 46.1 Å². The number of aromatic hydroxyl groups is 1. The van der Waals surface area contributed by atoms with Gasteiger partial charge in [-0.1, -0.05) is 31.0 Å². The number of likely N-dealkylation sites (tertiary alicyclic amines) is 1. The summed E-state index contributed by atoms with van der Waals surface area (Å²) in [4.78, 5) is 32.4. The molecule has 31 heavy (non-hydrogen) atoms. The van der Waals surface area contributed by atoms with Crippen molar-refractivity contribution in [3.8, 4) is 17.0 Å². The molecule has 0 aliphatic carbocycles. The Hall–Kier alpha value is -3.41. The highest BCUT2D eigenvalue weighted by atomic mass is 16.5. The summed E-state index contributed by atoms with van der Waals surface area (Å²) in [6, 6.07) is 15.7. The number of phenolic OH excluding ortho intramolecular Hbond substituents is 1. The second kappa shape index (κ2) is 9.16. The van der Waals surface area contributed by atoms with Gasteiger partial charge in [-0.25, -0.2) is 9.78 Å². The predicted molar refractivity (Wildman–Crippen MR) is 119 cm³/mol. The van der Waals surface area contributed by atoms with E-state index >= 15 is 0 Å². The number of hydrogen-bond acceptors (Lipinski definition) is 5. The summed E-state index contributed by atoms with van der Waals surface area (Å²) in [5.41, 5.74) is 2.39. The summed E-state index contributed by atoms with van der Waals surface area (Å²) >= 11 is 0. The molecule has 2 aromatic carbocycles. The first kappa shape index (κ1) is 20.8. The van der Waals surface area contributed by atoms with Gasteiger partial charge in [0.1, 0.15) is 5.75 Å². The zero-order valence-electron chi connectivity index (χ0n) is 17.6. The van der Waals surface area contributed by atoms with Gasteiger partial charge in [-0.2, -0.15) is 0 Å². The molecule has 1 amide bonds. The summed E-state index contributed by atoms with van der Waals surface area (Å²) in [7, 11) is 0. The average Bonchev–Trinajstić information content (AvgIpc) is 3.08. The third-order valence-electron chi connectivity index (χ3n) is 5.65. The number of rotatable bonds is 4. The summed E-state index contributed by atoms with van der Waals surface area (Å²) in [5, 5.41) is 10.2. The van der Waals surface area contributed by atoms with E-state index in [1.165, 1.54) is 0 Å². The molecule has 1 atom stereocenters. The Labute approximate surface area is 181 Å². The molecular formula is C25H26N2O4. The highest BCUT2D eigenvalue weighted by Gasteiger charge is 2.26. The van der Waals surface area contributed by atoms with Crippen molar-refractivity contribution in [2.75, 3.05) is 13.1 Å². The van der Waals surface area contributed by atoms with Crippen LogP contribution in [0.2, 0.25) is 0 Å². The van der Waals surface area contributed by atoms with E-state index in [1.807, 2.05) is 24.3 Å². The summed E-state index contributed by atoms with van der Waals surface area (Å²) in [6.45, 7) is 3.06. The number of aromatic nitrogens is 1. The lowest BCUT2D eigenvalue weighted by Gasteiger charge is -2.24. The number of hydrogen-bond donors (Lipinski definition) is 1. The Kier molecular flexibility index (Phi) is 6.16. The minimum absolute atomic E-state index is 0.146. The van der Waals surface area contributed by atoms with Crippen molar-refractivity contribution in [2.24, 2.45) is 0 Å². The number of pyridine rings is 1. The van der Waals surface area contributed by atoms with Gasteiger partial charge in [-0.15, -0.1) is 0 Å². The highest BCUT2D eigenvalue weighted by molar-refractivity contribution is 6.05. The van der Waals surface area contributed by atoms with Crippen LogP contribution < -0.4 is 0 Å². The molecule has 0 radical (unpaired) electrons. The van der Waals surface area contributed by atoms with E-state index < -0.39 is 12.1 Å². The first-order valence-electron chi connectivity index (χ1n) is 10.7. The molecule has 4 rings (SSSR count). The number of para-hydroxylation sites is 1. The van der Waals surface area contributed by atoms with Crippen molar-refractivity contribution in [3.63, 3.8) is 0 Å². The van der Waals surface area contributed by atoms with E-state index in [1.54, 1.807) is 42.2 Å². The van der Waals surface area contributed by atoms with Crippen molar-refractivity contribution >= 4 is 22.8 Å². The fourth-order valence-electron chi connectivity index (χ4n) is 3.95. The van der Waals surface area contributed by atoms with Crippen LogP contribution in [0.15, 0.2) is 54.6 Å². The smallest absolute Gasteiger partial charge is 0.339 e. The van der Waals surface area contributed by atoms with Gasteiger partial charge in [0.15, 0.2) is 6.10 Å². The van der Waals surface area contributed by atoms with Gasteiger partial charge in [0.25, 0.3) is 5.91 Å². The number of amides is 1. The van der Waals surface area contributed by atoms with Crippen molar-refractivity contribution in [2.45, 2.75) is 38.7 Å². The van der Waals surface area contributed by atoms with E-state index in [-0.39, 0.29) is 11.7 Å². The molecule has 0 saturated carbocycles. The van der Waals surface area contributed by atoms with Crippen LogP contribution in [0.25, 0.3) is 22.2 Å². The highest BCUT2D eigenvalue weighted by Crippen LogP contribution is 2.27. The van der Waals surface area contributed by atoms with Crippen molar-refractivity contribution < 1.29 is 19.4 Å². The van der Waals surface area contributed by atoms with Crippen LogP contribution in [0.5, 0.6) is 5.75 Å². The molecular weight excluding hydrogens is 392 g/mol. The lowest BCUT2D eigenvalue weighted by molar-refractivity contribution is -0.139. The van der Waals surface area contributed by atoms with E-state index in [0.29, 0.717) is 35.2 Å². The topological polar surface area (TPSA) is 79.7 Å². The van der Waals surface area contributed by atoms with E-state index in [2.05, 4.69) is 4.98 Å². The third-order valence-corrected chi connectivity index (χ3v) is 5.65. The van der Waals surface area contributed by atoms with E-state index in [0.717, 1.165) is 31.2 Å². The van der Waals surface area contributed by atoms with E-state index in [4.69, 9.17) is 4.74 Å². The van der Waals surface area contributed by atoms with Gasteiger partial charge < -0.3 is 14.7 Å². The van der Waals surface area contributed by atoms with Crippen LogP contribution >= 0.6 is 0 Å². The summed E-state index contributed by atoms with van der Waals surface area (Å²) in [6.07, 6.45) is 3.37. The molecule has 1 saturated heterocycles. The quantitative estimate of drug-likeness (QED) is 0.629. The van der Waals surface area contributed by atoms with Gasteiger partial charge in [0.05, 0.1) is 16.8 Å². The average molecular weight is 418 g/mol. The number of ether oxygens (including phenoxy) is 1. The third kappa shape index (κ3) is 4.68. The molecule has 160 valence electrons. The lowest BCUT2D eigenvalue weighted by atomic mass is 10.0. The molecule has 3 aromatic rings. The molecule has 1 fully saturated rings. The maximum absolute atomic E-state index is 13.1. The normalized spacial score (nSPS) is 15.3. The first-order chi connectivity index (χ1) is 15.0. The number of carbonyl (C=O) groups is 2. The molecule has 0 unspecified atom stereocenters. The van der Waals surface area contributed by atoms with Crippen LogP contribution in [0, 0.1) is 0 Å². The summed E-state index contributed by atoms with van der Waals surface area (Å²) in [5.74, 6) is -0.535. The molecule has 1 aliphatic heterocycles. The second-order valence-electron chi connectivity index (χ2n) is 7.91. The predicted octanol–water partition coefficient (Wildman–Crippen LogP) is 4.56. The maximum Gasteiger partial charge on any atom is 0.339 e. The Morgan fingerprint density at radius 3 is 2.39 bits per heavy atom. The Morgan fingerprint density at radius 2 is 1.68 bits per heavy atom. The number of phenols is 1. The summed E-state index contributed by atoms with van der Waals surface area (Å²) < 4.78 is 5.61. The number of fused-ring (bicyclic) bond motifs is 1. The molecule has 2 heterocycles. The first-order valence-corrected chi connectivity index (χ1v) is 10.7. The fourth-order valence-corrected chi connectivity index (χ4v) is 3.95. The van der Waals surface area contributed by atoms with Gasteiger partial charge in [-0.3, -0.25) is 4.79 Å². The number of carbonyl (C=O) groups excluding carboxylic acids is 2. The molecule has 0 spiro atoms. The zero-order valence-corrected chi connectivity index (χ0v) is 17.6. The minimum atomic E-state index is -0.852. The maximum atomic E-state index is 13.1. The molecule has 6 nitrogen and oxygen atoms in total. The van der Waals surface area contributed by atoms with Crippen molar-refractivity contribution in [3.05, 3.63) is 60.2 Å². The van der Waals surface area contributed by atoms with Gasteiger partial charge in [0, 0.05) is 24.0 Å². The van der Waals surface area contributed by atoms with Gasteiger partial charge in [-0.05, 0) is 56.2 Å². The van der Waals surface area contributed by atoms with Crippen LogP contribution in [0.1, 0.15) is 43.0 Å². The zero-order chi connectivity index (χ0) is 21.8. The second-order valence-corrected chi connectivity index (χ2v) is 7.91. The van der Waals surface area contributed by atoms with Crippen LogP contribution in [0.3, 0.4) is 0 Å². The van der Waals surface area contributed by atoms with Crippen molar-refractivity contribution in [1.82, 2.24) is 9.88 Å². The van der Waals surface area contributed by atoms with Gasteiger partial charge in [0.2, 0.25) is 0 Å². The van der Waals surface area contributed by atoms with Gasteiger partial charge >= 0.3 is 5.97 Å². The standard InChI is InChI=1S/C25H26N2O4/c1-17(24(29)27-14-6-2-3-7-15-27)31-25(30)21-16-23(18-10-12-19(28)13-11-18)26-22-9-5-4-8-20(21)22/h4-5,8-13,16-17,28H,2-3,6-7,14-15H2,1H3/t17-/m1/s1. The Balaban J connectivity index is 1.62. The van der Waals surface area contributed by atoms with Crippen LogP contribution in [0.4, 0.5) is 0 Å². The largest absolute Gasteiger partial charge is 0.508 e. The number of nitrogens with zero attached hydrogens (tertiary/aromatic N) is 2.